The Hall–Kier alpha value is -0.710. The summed E-state index contributed by atoms with van der Waals surface area (Å²) in [6.45, 7) is 5.23. The molecule has 0 spiro atoms. The first-order chi connectivity index (χ1) is 5.99. The first kappa shape index (κ1) is 12.3. The molecule has 2 unspecified atom stereocenters. The molecular weight excluding hydrogens is 192 g/mol. The van der Waals surface area contributed by atoms with Crippen LogP contribution in [0.3, 0.4) is 0 Å². The molecule has 0 saturated heterocycles. The SMILES string of the molecule is CCOC(=O)C(C)SC(C)C(=O)O. The van der Waals surface area contributed by atoms with Gasteiger partial charge in [0.25, 0.3) is 0 Å². The summed E-state index contributed by atoms with van der Waals surface area (Å²) in [4.78, 5) is 21.5. The summed E-state index contributed by atoms with van der Waals surface area (Å²) in [6, 6.07) is 0. The van der Waals surface area contributed by atoms with Gasteiger partial charge in [-0.2, -0.15) is 0 Å². The number of aliphatic carboxylic acids is 1. The van der Waals surface area contributed by atoms with Gasteiger partial charge in [-0.3, -0.25) is 9.59 Å². The van der Waals surface area contributed by atoms with Crippen LogP contribution in [0.1, 0.15) is 20.8 Å². The van der Waals surface area contributed by atoms with Gasteiger partial charge in [-0.1, -0.05) is 0 Å². The Morgan fingerprint density at radius 3 is 2.31 bits per heavy atom. The Balaban J connectivity index is 3.92. The highest BCUT2D eigenvalue weighted by atomic mass is 32.2. The third-order valence-electron chi connectivity index (χ3n) is 1.37. The van der Waals surface area contributed by atoms with Gasteiger partial charge in [0.05, 0.1) is 6.61 Å². The standard InChI is InChI=1S/C8H14O4S/c1-4-12-8(11)6(3)13-5(2)7(9)10/h5-6H,4H2,1-3H3,(H,9,10). The van der Waals surface area contributed by atoms with Gasteiger partial charge < -0.3 is 9.84 Å². The van der Waals surface area contributed by atoms with Crippen LogP contribution in [0.5, 0.6) is 0 Å². The van der Waals surface area contributed by atoms with Crippen LogP contribution in [0.15, 0.2) is 0 Å². The summed E-state index contributed by atoms with van der Waals surface area (Å²) in [5, 5.41) is 7.56. The summed E-state index contributed by atoms with van der Waals surface area (Å²) >= 11 is 1.08. The van der Waals surface area contributed by atoms with E-state index in [-0.39, 0.29) is 5.97 Å². The van der Waals surface area contributed by atoms with Crippen molar-refractivity contribution in [3.63, 3.8) is 0 Å². The maximum absolute atomic E-state index is 11.1. The van der Waals surface area contributed by atoms with Crippen molar-refractivity contribution >= 4 is 23.7 Å². The Labute approximate surface area is 81.6 Å². The third-order valence-corrected chi connectivity index (χ3v) is 2.59. The van der Waals surface area contributed by atoms with Crippen molar-refractivity contribution in [2.24, 2.45) is 0 Å². The molecule has 0 aliphatic carbocycles. The summed E-state index contributed by atoms with van der Waals surface area (Å²) in [5.41, 5.74) is 0. The van der Waals surface area contributed by atoms with Gasteiger partial charge in [0.15, 0.2) is 0 Å². The van der Waals surface area contributed by atoms with Crippen molar-refractivity contribution in [3.05, 3.63) is 0 Å². The van der Waals surface area contributed by atoms with E-state index in [2.05, 4.69) is 0 Å². The minimum Gasteiger partial charge on any atom is -0.480 e. The maximum atomic E-state index is 11.1. The maximum Gasteiger partial charge on any atom is 0.318 e. The van der Waals surface area contributed by atoms with Gasteiger partial charge in [0.1, 0.15) is 10.5 Å². The van der Waals surface area contributed by atoms with Crippen LogP contribution in [0.2, 0.25) is 0 Å². The van der Waals surface area contributed by atoms with E-state index in [1.54, 1.807) is 20.8 Å². The zero-order valence-electron chi connectivity index (χ0n) is 7.94. The van der Waals surface area contributed by atoms with Crippen LogP contribution < -0.4 is 0 Å². The number of esters is 1. The minimum absolute atomic E-state index is 0.325. The molecule has 0 bridgehead atoms. The number of carboxylic acids is 1. The quantitative estimate of drug-likeness (QED) is 0.683. The highest BCUT2D eigenvalue weighted by molar-refractivity contribution is 8.01. The predicted molar refractivity (Wildman–Crippen MR) is 50.8 cm³/mol. The molecule has 0 aromatic carbocycles. The summed E-state index contributed by atoms with van der Waals surface area (Å²) in [6.07, 6.45) is 0. The van der Waals surface area contributed by atoms with E-state index in [0.717, 1.165) is 11.8 Å². The molecule has 1 N–H and O–H groups in total. The second-order valence-corrected chi connectivity index (χ2v) is 4.20. The molecule has 0 saturated carbocycles. The fraction of sp³-hybridized carbons (Fsp3) is 0.750. The molecule has 0 fully saturated rings. The fourth-order valence-corrected chi connectivity index (χ4v) is 1.59. The van der Waals surface area contributed by atoms with Crippen molar-refractivity contribution in [2.75, 3.05) is 6.61 Å². The lowest BCUT2D eigenvalue weighted by Gasteiger charge is -2.12. The lowest BCUT2D eigenvalue weighted by molar-refractivity contribution is -0.142. The van der Waals surface area contributed by atoms with Crippen LogP contribution in [0.25, 0.3) is 0 Å². The molecule has 0 radical (unpaired) electrons. The van der Waals surface area contributed by atoms with Gasteiger partial charge >= 0.3 is 11.9 Å². The number of carbonyl (C=O) groups excluding carboxylic acids is 1. The van der Waals surface area contributed by atoms with E-state index in [1.807, 2.05) is 0 Å². The molecule has 0 aliphatic rings. The molecule has 0 aliphatic heterocycles. The number of ether oxygens (including phenoxy) is 1. The van der Waals surface area contributed by atoms with E-state index in [4.69, 9.17) is 9.84 Å². The number of hydrogen-bond donors (Lipinski definition) is 1. The normalized spacial score (nSPS) is 14.7. The fourth-order valence-electron chi connectivity index (χ4n) is 0.680. The van der Waals surface area contributed by atoms with E-state index >= 15 is 0 Å². The predicted octanol–water partition coefficient (Wildman–Crippen LogP) is 1.14. The topological polar surface area (TPSA) is 63.6 Å². The van der Waals surface area contributed by atoms with Crippen molar-refractivity contribution in [1.82, 2.24) is 0 Å². The molecule has 0 rings (SSSR count). The highest BCUT2D eigenvalue weighted by Gasteiger charge is 2.21. The second-order valence-electron chi connectivity index (χ2n) is 2.51. The van der Waals surface area contributed by atoms with Gasteiger partial charge in [-0.25, -0.2) is 0 Å². The highest BCUT2D eigenvalue weighted by Crippen LogP contribution is 2.18. The van der Waals surface area contributed by atoms with E-state index in [9.17, 15) is 9.59 Å². The van der Waals surface area contributed by atoms with Crippen LogP contribution in [-0.2, 0) is 14.3 Å². The smallest absolute Gasteiger partial charge is 0.318 e. The first-order valence-electron chi connectivity index (χ1n) is 4.04. The van der Waals surface area contributed by atoms with Gasteiger partial charge in [-0.05, 0) is 20.8 Å². The second kappa shape index (κ2) is 5.85. The zero-order chi connectivity index (χ0) is 10.4. The largest absolute Gasteiger partial charge is 0.480 e. The van der Waals surface area contributed by atoms with E-state index in [1.165, 1.54) is 0 Å². The van der Waals surface area contributed by atoms with E-state index < -0.39 is 16.5 Å². The Morgan fingerprint density at radius 1 is 1.38 bits per heavy atom. The van der Waals surface area contributed by atoms with Gasteiger partial charge in [0, 0.05) is 0 Å². The van der Waals surface area contributed by atoms with Crippen molar-refractivity contribution in [3.8, 4) is 0 Å². The lowest BCUT2D eigenvalue weighted by atomic mass is 10.5. The Morgan fingerprint density at radius 2 is 1.92 bits per heavy atom. The molecule has 0 heterocycles. The van der Waals surface area contributed by atoms with Gasteiger partial charge in [0.2, 0.25) is 0 Å². The summed E-state index contributed by atoms with van der Waals surface area (Å²) in [7, 11) is 0. The van der Waals surface area contributed by atoms with Crippen molar-refractivity contribution < 1.29 is 19.4 Å². The van der Waals surface area contributed by atoms with Crippen LogP contribution in [0, 0.1) is 0 Å². The molecule has 2 atom stereocenters. The average molecular weight is 206 g/mol. The molecule has 5 heteroatoms. The Kier molecular flexibility index (Phi) is 5.53. The number of thioether (sulfide) groups is 1. The van der Waals surface area contributed by atoms with Crippen LogP contribution in [0.4, 0.5) is 0 Å². The zero-order valence-corrected chi connectivity index (χ0v) is 8.76. The van der Waals surface area contributed by atoms with Crippen LogP contribution >= 0.6 is 11.8 Å². The minimum atomic E-state index is -0.916. The van der Waals surface area contributed by atoms with Crippen molar-refractivity contribution in [1.29, 1.82) is 0 Å². The Bertz CT molecular complexity index is 193. The molecular formula is C8H14O4S. The lowest BCUT2D eigenvalue weighted by Crippen LogP contribution is -2.22. The summed E-state index contributed by atoms with van der Waals surface area (Å²) < 4.78 is 4.73. The number of carboxylic acid groups (broad SMARTS) is 1. The van der Waals surface area contributed by atoms with Crippen molar-refractivity contribution in [2.45, 2.75) is 31.3 Å². The number of hydrogen-bond acceptors (Lipinski definition) is 4. The van der Waals surface area contributed by atoms with E-state index in [0.29, 0.717) is 6.61 Å². The molecule has 13 heavy (non-hydrogen) atoms. The third kappa shape index (κ3) is 4.77. The molecule has 0 aromatic rings. The summed E-state index contributed by atoms with van der Waals surface area (Å²) in [5.74, 6) is -1.28. The number of rotatable bonds is 5. The van der Waals surface area contributed by atoms with Crippen LogP contribution in [-0.4, -0.2) is 34.2 Å². The molecule has 0 amide bonds. The molecule has 76 valence electrons. The molecule has 4 nitrogen and oxygen atoms in total. The average Bonchev–Trinajstić information content (AvgIpc) is 2.04. The first-order valence-corrected chi connectivity index (χ1v) is 4.98. The van der Waals surface area contributed by atoms with Gasteiger partial charge in [-0.15, -0.1) is 11.8 Å². The molecule has 0 aromatic heterocycles. The monoisotopic (exact) mass is 206 g/mol. The number of carbonyl (C=O) groups is 2.